The quantitative estimate of drug-likeness (QED) is 0.285. The van der Waals surface area contributed by atoms with Gasteiger partial charge in [0.1, 0.15) is 5.75 Å². The maximum atomic E-state index is 5.93. The summed E-state index contributed by atoms with van der Waals surface area (Å²) in [7, 11) is 0. The van der Waals surface area contributed by atoms with E-state index < -0.39 is 0 Å². The molecule has 1 heteroatoms. The minimum atomic E-state index is 0.868. The molecule has 1 nitrogen and oxygen atoms in total. The van der Waals surface area contributed by atoms with Crippen molar-refractivity contribution in [1.82, 2.24) is 0 Å². The zero-order chi connectivity index (χ0) is 21.7. The molecular weight excluding hydrogens is 376 g/mol. The summed E-state index contributed by atoms with van der Waals surface area (Å²) in [6, 6.07) is 8.97. The molecule has 0 saturated heterocycles. The summed E-state index contributed by atoms with van der Waals surface area (Å²) < 4.78 is 5.93. The van der Waals surface area contributed by atoms with E-state index in [0.29, 0.717) is 0 Å². The molecule has 0 unspecified atom stereocenters. The molecule has 0 aliphatic heterocycles. The minimum Gasteiger partial charge on any atom is -0.494 e. The highest BCUT2D eigenvalue weighted by Crippen LogP contribution is 2.42. The van der Waals surface area contributed by atoms with E-state index in [0.717, 1.165) is 36.0 Å². The normalized spacial score (nSPS) is 26.6. The molecule has 0 radical (unpaired) electrons. The average Bonchev–Trinajstić information content (AvgIpc) is 2.82. The summed E-state index contributed by atoms with van der Waals surface area (Å²) in [5.41, 5.74) is 1.49. The molecule has 0 amide bonds. The van der Waals surface area contributed by atoms with Gasteiger partial charge >= 0.3 is 0 Å². The van der Waals surface area contributed by atoms with E-state index in [2.05, 4.69) is 38.1 Å². The Morgan fingerprint density at radius 2 is 1.23 bits per heavy atom. The molecule has 1 aromatic rings. The molecule has 0 atom stereocenters. The number of benzene rings is 1. The van der Waals surface area contributed by atoms with Gasteiger partial charge < -0.3 is 4.74 Å². The van der Waals surface area contributed by atoms with Crippen molar-refractivity contribution in [1.29, 1.82) is 0 Å². The summed E-state index contributed by atoms with van der Waals surface area (Å²) in [5, 5.41) is 0. The largest absolute Gasteiger partial charge is 0.494 e. The van der Waals surface area contributed by atoms with Crippen molar-refractivity contribution in [2.75, 3.05) is 6.61 Å². The molecule has 2 saturated carbocycles. The van der Waals surface area contributed by atoms with Crippen LogP contribution in [0.15, 0.2) is 24.3 Å². The van der Waals surface area contributed by atoms with Crippen LogP contribution in [0.4, 0.5) is 0 Å². The summed E-state index contributed by atoms with van der Waals surface area (Å²) in [6.45, 7) is 5.49. The SMILES string of the molecule is CCCCCCCOc1ccc(CC[C@H]2CC[C@H]([C@H]3CC[C@H](CCC)CC3)CC2)cc1. The molecule has 2 aliphatic rings. The fourth-order valence-electron chi connectivity index (χ4n) is 6.32. The van der Waals surface area contributed by atoms with Crippen molar-refractivity contribution in [2.45, 2.75) is 123 Å². The number of rotatable bonds is 13. The number of ether oxygens (including phenoxy) is 1. The summed E-state index contributed by atoms with van der Waals surface area (Å²) in [6.07, 6.45) is 24.1. The molecule has 0 N–H and O–H groups in total. The third-order valence-electron chi connectivity index (χ3n) is 8.43. The van der Waals surface area contributed by atoms with E-state index >= 15 is 0 Å². The number of hydrogen-bond donors (Lipinski definition) is 0. The smallest absolute Gasteiger partial charge is 0.119 e. The first-order chi connectivity index (χ1) is 15.3. The van der Waals surface area contributed by atoms with E-state index in [4.69, 9.17) is 4.74 Å². The van der Waals surface area contributed by atoms with Gasteiger partial charge in [0.05, 0.1) is 6.61 Å². The van der Waals surface area contributed by atoms with Crippen LogP contribution in [-0.2, 0) is 6.42 Å². The Hall–Kier alpha value is -0.980. The van der Waals surface area contributed by atoms with Gasteiger partial charge in [-0.25, -0.2) is 0 Å². The molecule has 0 bridgehead atoms. The predicted molar refractivity (Wildman–Crippen MR) is 135 cm³/mol. The maximum absolute atomic E-state index is 5.93. The highest BCUT2D eigenvalue weighted by atomic mass is 16.5. The second-order valence-electron chi connectivity index (χ2n) is 10.8. The zero-order valence-corrected chi connectivity index (χ0v) is 20.8. The van der Waals surface area contributed by atoms with E-state index in [1.165, 1.54) is 115 Å². The van der Waals surface area contributed by atoms with Gasteiger partial charge in [0, 0.05) is 0 Å². The summed E-state index contributed by atoms with van der Waals surface area (Å²) in [5.74, 6) is 5.19. The molecule has 2 aliphatic carbocycles. The summed E-state index contributed by atoms with van der Waals surface area (Å²) in [4.78, 5) is 0. The van der Waals surface area contributed by atoms with E-state index in [9.17, 15) is 0 Å². The van der Waals surface area contributed by atoms with Gasteiger partial charge in [0.25, 0.3) is 0 Å². The van der Waals surface area contributed by atoms with Gasteiger partial charge in [-0.3, -0.25) is 0 Å². The van der Waals surface area contributed by atoms with Gasteiger partial charge in [-0.05, 0) is 86.3 Å². The molecule has 176 valence electrons. The van der Waals surface area contributed by atoms with E-state index in [1.807, 2.05) is 0 Å². The first-order valence-corrected chi connectivity index (χ1v) is 14.0. The number of hydrogen-bond acceptors (Lipinski definition) is 1. The fraction of sp³-hybridized carbons (Fsp3) is 0.800. The van der Waals surface area contributed by atoms with Crippen molar-refractivity contribution in [2.24, 2.45) is 23.7 Å². The van der Waals surface area contributed by atoms with Crippen LogP contribution in [0.5, 0.6) is 5.75 Å². The third-order valence-corrected chi connectivity index (χ3v) is 8.43. The topological polar surface area (TPSA) is 9.23 Å². The predicted octanol–water partition coefficient (Wildman–Crippen LogP) is 9.38. The maximum Gasteiger partial charge on any atom is 0.119 e. The Morgan fingerprint density at radius 3 is 1.81 bits per heavy atom. The van der Waals surface area contributed by atoms with Gasteiger partial charge in [-0.15, -0.1) is 0 Å². The molecule has 2 fully saturated rings. The van der Waals surface area contributed by atoms with E-state index in [1.54, 1.807) is 0 Å². The van der Waals surface area contributed by atoms with Crippen molar-refractivity contribution in [3.63, 3.8) is 0 Å². The lowest BCUT2D eigenvalue weighted by Gasteiger charge is -2.38. The van der Waals surface area contributed by atoms with E-state index in [-0.39, 0.29) is 0 Å². The van der Waals surface area contributed by atoms with Crippen molar-refractivity contribution in [3.8, 4) is 5.75 Å². The average molecular weight is 427 g/mol. The summed E-state index contributed by atoms with van der Waals surface area (Å²) >= 11 is 0. The zero-order valence-electron chi connectivity index (χ0n) is 20.8. The van der Waals surface area contributed by atoms with Crippen LogP contribution in [0, 0.1) is 23.7 Å². The molecule has 1 aromatic carbocycles. The lowest BCUT2D eigenvalue weighted by Crippen LogP contribution is -2.26. The Morgan fingerprint density at radius 1 is 0.645 bits per heavy atom. The number of unbranched alkanes of at least 4 members (excludes halogenated alkanes) is 4. The van der Waals surface area contributed by atoms with Crippen molar-refractivity contribution >= 4 is 0 Å². The van der Waals surface area contributed by atoms with Gasteiger partial charge in [0.15, 0.2) is 0 Å². The van der Waals surface area contributed by atoms with Crippen LogP contribution >= 0.6 is 0 Å². The second kappa shape index (κ2) is 14.2. The van der Waals surface area contributed by atoms with Gasteiger partial charge in [-0.2, -0.15) is 0 Å². The van der Waals surface area contributed by atoms with Crippen LogP contribution in [0.2, 0.25) is 0 Å². The Bertz CT molecular complexity index is 561. The highest BCUT2D eigenvalue weighted by Gasteiger charge is 2.30. The van der Waals surface area contributed by atoms with Crippen LogP contribution in [0.3, 0.4) is 0 Å². The lowest BCUT2D eigenvalue weighted by atomic mass is 9.68. The standard InChI is InChI=1S/C30H50O/c1-3-5-6-7-8-24-31-30-22-16-27(17-23-30)11-10-26-14-20-29(21-15-26)28-18-12-25(9-4-2)13-19-28/h16-17,22-23,25-26,28-29H,3-15,18-21,24H2,1-2H3/t25-,26-,28-,29-. The van der Waals surface area contributed by atoms with Crippen LogP contribution in [0.25, 0.3) is 0 Å². The third kappa shape index (κ3) is 8.82. The first kappa shape index (κ1) is 24.7. The lowest BCUT2D eigenvalue weighted by molar-refractivity contribution is 0.141. The van der Waals surface area contributed by atoms with Crippen LogP contribution < -0.4 is 4.74 Å². The monoisotopic (exact) mass is 426 g/mol. The first-order valence-electron chi connectivity index (χ1n) is 14.0. The second-order valence-corrected chi connectivity index (χ2v) is 10.8. The molecule has 0 heterocycles. The molecule has 31 heavy (non-hydrogen) atoms. The highest BCUT2D eigenvalue weighted by molar-refractivity contribution is 5.27. The fourth-order valence-corrected chi connectivity index (χ4v) is 6.32. The molecule has 3 rings (SSSR count). The van der Waals surface area contributed by atoms with Crippen LogP contribution in [-0.4, -0.2) is 6.61 Å². The van der Waals surface area contributed by atoms with Crippen molar-refractivity contribution in [3.05, 3.63) is 29.8 Å². The van der Waals surface area contributed by atoms with Crippen molar-refractivity contribution < 1.29 is 4.74 Å². The molecule has 0 aromatic heterocycles. The van der Waals surface area contributed by atoms with Crippen LogP contribution in [0.1, 0.15) is 122 Å². The number of aryl methyl sites for hydroxylation is 1. The molecular formula is C30H50O. The Balaban J connectivity index is 1.27. The molecule has 0 spiro atoms. The Kier molecular flexibility index (Phi) is 11.3. The van der Waals surface area contributed by atoms with Gasteiger partial charge in [-0.1, -0.05) is 90.2 Å². The Labute approximate surface area is 193 Å². The minimum absolute atomic E-state index is 0.868. The van der Waals surface area contributed by atoms with Gasteiger partial charge in [0.2, 0.25) is 0 Å².